The molecule has 0 spiro atoms. The van der Waals surface area contributed by atoms with Crippen LogP contribution in [0.1, 0.15) is 5.56 Å². The molecule has 0 unspecified atom stereocenters. The summed E-state index contributed by atoms with van der Waals surface area (Å²) >= 11 is 0. The molecule has 0 aliphatic carbocycles. The zero-order valence-corrected chi connectivity index (χ0v) is 7.14. The Morgan fingerprint density at radius 3 is 2.50 bits per heavy atom. The van der Waals surface area contributed by atoms with E-state index < -0.39 is 5.97 Å². The molecule has 0 bridgehead atoms. The zero-order valence-electron chi connectivity index (χ0n) is 7.14. The molecule has 0 heterocycles. The topological polar surface area (TPSA) is 26.3 Å². The molecule has 14 heavy (non-hydrogen) atoms. The van der Waals surface area contributed by atoms with Crippen LogP contribution in [-0.4, -0.2) is 43.7 Å². The van der Waals surface area contributed by atoms with E-state index in [9.17, 15) is 4.79 Å². The molecule has 0 saturated carbocycles. The number of rotatable bonds is 3. The fourth-order valence-electron chi connectivity index (χ4n) is 0.792. The van der Waals surface area contributed by atoms with E-state index in [0.717, 1.165) is 11.6 Å². The van der Waals surface area contributed by atoms with E-state index in [2.05, 4.69) is 11.3 Å². The maximum atomic E-state index is 10.6. The Morgan fingerprint density at radius 1 is 1.29 bits per heavy atom. The van der Waals surface area contributed by atoms with E-state index >= 15 is 0 Å². The summed E-state index contributed by atoms with van der Waals surface area (Å²) in [4.78, 5) is 10.6. The monoisotopic (exact) mass is 216 g/mol. The van der Waals surface area contributed by atoms with E-state index in [4.69, 9.17) is 0 Å². The van der Waals surface area contributed by atoms with Gasteiger partial charge >= 0.3 is 43.7 Å². The van der Waals surface area contributed by atoms with Gasteiger partial charge in [0.1, 0.15) is 0 Å². The van der Waals surface area contributed by atoms with Crippen LogP contribution in [-0.2, 0) is 9.53 Å². The first kappa shape index (κ1) is 13.4. The van der Waals surface area contributed by atoms with Gasteiger partial charge in [0, 0.05) is 6.08 Å². The molecule has 1 aromatic carbocycles. The molecular formula is C11H12CaO2. The number of carbonyl (C=O) groups is 1. The van der Waals surface area contributed by atoms with Crippen molar-refractivity contribution in [2.45, 2.75) is 0 Å². The average molecular weight is 216 g/mol. The average Bonchev–Trinajstić information content (AvgIpc) is 2.19. The third kappa shape index (κ3) is 5.22. The van der Waals surface area contributed by atoms with Crippen LogP contribution in [0.5, 0.6) is 0 Å². The van der Waals surface area contributed by atoms with Crippen LogP contribution in [0, 0.1) is 0 Å². The molecule has 0 fully saturated rings. The van der Waals surface area contributed by atoms with Gasteiger partial charge in [-0.25, -0.2) is 4.79 Å². The van der Waals surface area contributed by atoms with Gasteiger partial charge in [-0.2, -0.15) is 0 Å². The van der Waals surface area contributed by atoms with Gasteiger partial charge in [0.2, 0.25) is 0 Å². The van der Waals surface area contributed by atoms with Gasteiger partial charge in [-0.1, -0.05) is 36.9 Å². The van der Waals surface area contributed by atoms with Crippen molar-refractivity contribution >= 4 is 49.8 Å². The third-order valence-electron chi connectivity index (χ3n) is 1.41. The fourth-order valence-corrected chi connectivity index (χ4v) is 0.792. The summed E-state index contributed by atoms with van der Waals surface area (Å²) in [7, 11) is 0. The van der Waals surface area contributed by atoms with E-state index in [0.29, 0.717) is 0 Å². The van der Waals surface area contributed by atoms with Crippen LogP contribution in [0.4, 0.5) is 0 Å². The molecule has 0 atom stereocenters. The second-order valence-electron chi connectivity index (χ2n) is 2.35. The van der Waals surface area contributed by atoms with Crippen molar-refractivity contribution in [3.8, 4) is 0 Å². The molecule has 2 nitrogen and oxygen atoms in total. The van der Waals surface area contributed by atoms with Crippen molar-refractivity contribution in [3.05, 3.63) is 54.8 Å². The van der Waals surface area contributed by atoms with Crippen molar-refractivity contribution in [2.75, 3.05) is 0 Å². The first-order valence-electron chi connectivity index (χ1n) is 3.87. The summed E-state index contributed by atoms with van der Waals surface area (Å²) in [5.41, 5.74) is 0.986. The predicted molar refractivity (Wildman–Crippen MR) is 60.3 cm³/mol. The molecule has 0 radical (unpaired) electrons. The first-order valence-corrected chi connectivity index (χ1v) is 3.87. The number of benzene rings is 1. The van der Waals surface area contributed by atoms with Gasteiger partial charge in [-0.05, 0) is 11.6 Å². The minimum atomic E-state index is -0.452. The minimum absolute atomic E-state index is 0. The Hall–Kier alpha value is -0.570. The van der Waals surface area contributed by atoms with Crippen molar-refractivity contribution in [1.82, 2.24) is 0 Å². The number of hydrogen-bond donors (Lipinski definition) is 0. The summed E-state index contributed by atoms with van der Waals surface area (Å²) in [5.74, 6) is -0.452. The van der Waals surface area contributed by atoms with Crippen LogP contribution in [0.15, 0.2) is 49.2 Å². The zero-order chi connectivity index (χ0) is 9.52. The molecule has 0 aliphatic heterocycles. The van der Waals surface area contributed by atoms with E-state index in [-0.39, 0.29) is 37.7 Å². The third-order valence-corrected chi connectivity index (χ3v) is 1.41. The maximum absolute atomic E-state index is 10.6. The van der Waals surface area contributed by atoms with Crippen LogP contribution < -0.4 is 0 Å². The van der Waals surface area contributed by atoms with Gasteiger partial charge < -0.3 is 4.74 Å². The number of esters is 1. The summed E-state index contributed by atoms with van der Waals surface area (Å²) in [5, 5.41) is 0. The van der Waals surface area contributed by atoms with Crippen molar-refractivity contribution < 1.29 is 9.53 Å². The van der Waals surface area contributed by atoms with Crippen LogP contribution >= 0.6 is 0 Å². The Bertz CT molecular complexity index is 317. The fraction of sp³-hybridized carbons (Fsp3) is 0. The predicted octanol–water partition coefficient (Wildman–Crippen LogP) is 1.47. The molecule has 3 heteroatoms. The summed E-state index contributed by atoms with van der Waals surface area (Å²) < 4.78 is 4.66. The van der Waals surface area contributed by atoms with Gasteiger partial charge in [0.05, 0.1) is 6.26 Å². The second kappa shape index (κ2) is 7.80. The Kier molecular flexibility index (Phi) is 7.48. The van der Waals surface area contributed by atoms with E-state index in [1.165, 1.54) is 6.26 Å². The summed E-state index contributed by atoms with van der Waals surface area (Å²) in [6.07, 6.45) is 4.18. The molecule has 0 amide bonds. The summed E-state index contributed by atoms with van der Waals surface area (Å²) in [6.45, 7) is 3.28. The van der Waals surface area contributed by atoms with Gasteiger partial charge in [-0.3, -0.25) is 0 Å². The molecule has 1 aromatic rings. The number of ether oxygens (including phenoxy) is 1. The molecule has 0 saturated heterocycles. The quantitative estimate of drug-likeness (QED) is 0.331. The van der Waals surface area contributed by atoms with Gasteiger partial charge in [0.15, 0.2) is 0 Å². The molecular weight excluding hydrogens is 204 g/mol. The SMILES string of the molecule is C=CC(=O)OC=Cc1ccccc1.[CaH2]. The Labute approximate surface area is 113 Å². The van der Waals surface area contributed by atoms with Crippen LogP contribution in [0.3, 0.4) is 0 Å². The van der Waals surface area contributed by atoms with Crippen molar-refractivity contribution in [2.24, 2.45) is 0 Å². The first-order chi connectivity index (χ1) is 6.33. The van der Waals surface area contributed by atoms with Gasteiger partial charge in [0.25, 0.3) is 0 Å². The number of carbonyl (C=O) groups excluding carboxylic acids is 1. The Balaban J connectivity index is 0.00000169. The second-order valence-corrected chi connectivity index (χ2v) is 2.35. The van der Waals surface area contributed by atoms with E-state index in [1.54, 1.807) is 6.08 Å². The molecule has 1 rings (SSSR count). The standard InChI is InChI=1S/C11H10O2.Ca.2H/c1-2-11(12)13-9-8-10-6-4-3-5-7-10;;;/h2-9H,1H2;;;. The van der Waals surface area contributed by atoms with Crippen LogP contribution in [0.25, 0.3) is 6.08 Å². The van der Waals surface area contributed by atoms with Crippen molar-refractivity contribution in [3.63, 3.8) is 0 Å². The molecule has 0 aliphatic rings. The Morgan fingerprint density at radius 2 is 1.93 bits per heavy atom. The molecule has 70 valence electrons. The normalized spacial score (nSPS) is 9.14. The molecule has 0 N–H and O–H groups in total. The van der Waals surface area contributed by atoms with Crippen molar-refractivity contribution in [1.29, 1.82) is 0 Å². The molecule has 0 aromatic heterocycles. The van der Waals surface area contributed by atoms with Gasteiger partial charge in [-0.15, -0.1) is 0 Å². The summed E-state index contributed by atoms with van der Waals surface area (Å²) in [6, 6.07) is 9.58. The van der Waals surface area contributed by atoms with Crippen LogP contribution in [0.2, 0.25) is 0 Å². The number of hydrogen-bond acceptors (Lipinski definition) is 2. The van der Waals surface area contributed by atoms with E-state index in [1.807, 2.05) is 30.3 Å².